The van der Waals surface area contributed by atoms with E-state index < -0.39 is 0 Å². The van der Waals surface area contributed by atoms with E-state index in [1.807, 2.05) is 36.4 Å². The molecule has 6 nitrogen and oxygen atoms in total. The molecule has 0 aliphatic carbocycles. The largest absolute Gasteiger partial charge is 0.484 e. The van der Waals surface area contributed by atoms with Gasteiger partial charge in [0, 0.05) is 18.7 Å². The molecule has 0 spiro atoms. The minimum Gasteiger partial charge on any atom is -0.484 e. The Kier molecular flexibility index (Phi) is 8.32. The summed E-state index contributed by atoms with van der Waals surface area (Å²) in [4.78, 5) is 23.8. The molecule has 0 unspecified atom stereocenters. The minimum absolute atomic E-state index is 0.0346. The number of hydrogen-bond acceptors (Lipinski definition) is 4. The van der Waals surface area contributed by atoms with E-state index in [-0.39, 0.29) is 18.4 Å². The Bertz CT molecular complexity index is 727. The average molecular weight is 369 g/mol. The van der Waals surface area contributed by atoms with Crippen molar-refractivity contribution in [1.29, 1.82) is 0 Å². The first-order valence-electron chi connectivity index (χ1n) is 9.18. The Balaban J connectivity index is 1.73. The molecule has 0 aliphatic rings. The molecular weight excluding hydrogens is 342 g/mol. The molecule has 2 rings (SSSR count). The number of hydrogen-bond donors (Lipinski definition) is 3. The number of aryl methyl sites for hydroxylation is 1. The quantitative estimate of drug-likeness (QED) is 0.559. The molecule has 2 aromatic carbocycles. The van der Waals surface area contributed by atoms with Gasteiger partial charge in [0.2, 0.25) is 0 Å². The summed E-state index contributed by atoms with van der Waals surface area (Å²) in [7, 11) is 0. The van der Waals surface area contributed by atoms with Crippen LogP contribution >= 0.6 is 0 Å². The minimum atomic E-state index is -0.196. The number of carbonyl (C=O) groups excluding carboxylic acids is 2. The molecule has 4 N–H and O–H groups in total. The first kappa shape index (κ1) is 20.5. The second-order valence-corrected chi connectivity index (χ2v) is 6.16. The standard InChI is InChI=1S/C21H27N3O3/c1-2-16-6-10-19(11-7-16)27-15-20(25)24-14-17-4-8-18(9-5-17)21(26)23-13-3-12-22/h4-11H,2-3,12-15,22H2,1H3,(H,23,26)(H,24,25). The highest BCUT2D eigenvalue weighted by atomic mass is 16.5. The third kappa shape index (κ3) is 7.11. The van der Waals surface area contributed by atoms with Crippen LogP contribution in [0, 0.1) is 0 Å². The second-order valence-electron chi connectivity index (χ2n) is 6.16. The molecule has 0 saturated heterocycles. The van der Waals surface area contributed by atoms with E-state index in [9.17, 15) is 9.59 Å². The maximum atomic E-state index is 11.9. The maximum Gasteiger partial charge on any atom is 0.258 e. The highest BCUT2D eigenvalue weighted by Gasteiger charge is 2.06. The van der Waals surface area contributed by atoms with Gasteiger partial charge in [-0.1, -0.05) is 31.2 Å². The Labute approximate surface area is 160 Å². The molecule has 144 valence electrons. The lowest BCUT2D eigenvalue weighted by atomic mass is 10.1. The molecule has 0 heterocycles. The monoisotopic (exact) mass is 369 g/mol. The molecule has 0 radical (unpaired) electrons. The maximum absolute atomic E-state index is 11.9. The molecule has 0 aliphatic heterocycles. The van der Waals surface area contributed by atoms with Crippen LogP contribution in [0.4, 0.5) is 0 Å². The van der Waals surface area contributed by atoms with Crippen LogP contribution in [0.5, 0.6) is 5.75 Å². The van der Waals surface area contributed by atoms with Crippen LogP contribution < -0.4 is 21.1 Å². The third-order valence-corrected chi connectivity index (χ3v) is 4.07. The lowest BCUT2D eigenvalue weighted by Gasteiger charge is -2.09. The van der Waals surface area contributed by atoms with Crippen LogP contribution in [0.1, 0.15) is 34.8 Å². The zero-order chi connectivity index (χ0) is 19.5. The molecule has 0 aromatic heterocycles. The average Bonchev–Trinajstić information content (AvgIpc) is 2.71. The number of carbonyl (C=O) groups is 2. The van der Waals surface area contributed by atoms with Crippen LogP contribution in [-0.2, 0) is 17.8 Å². The number of benzene rings is 2. The number of ether oxygens (including phenoxy) is 1. The van der Waals surface area contributed by atoms with Crippen molar-refractivity contribution in [3.8, 4) is 5.75 Å². The van der Waals surface area contributed by atoms with E-state index in [1.54, 1.807) is 12.1 Å². The lowest BCUT2D eigenvalue weighted by Crippen LogP contribution is -2.28. The second kappa shape index (κ2) is 11.0. The summed E-state index contributed by atoms with van der Waals surface area (Å²) in [5.41, 5.74) is 8.12. The summed E-state index contributed by atoms with van der Waals surface area (Å²) in [6.07, 6.45) is 1.72. The van der Waals surface area contributed by atoms with E-state index in [1.165, 1.54) is 5.56 Å². The van der Waals surface area contributed by atoms with Gasteiger partial charge in [-0.25, -0.2) is 0 Å². The van der Waals surface area contributed by atoms with Crippen molar-refractivity contribution in [3.63, 3.8) is 0 Å². The summed E-state index contributed by atoms with van der Waals surface area (Å²) in [6, 6.07) is 14.8. The molecule has 6 heteroatoms. The van der Waals surface area contributed by atoms with Crippen LogP contribution in [-0.4, -0.2) is 31.5 Å². The van der Waals surface area contributed by atoms with Gasteiger partial charge in [0.1, 0.15) is 5.75 Å². The van der Waals surface area contributed by atoms with Crippen LogP contribution in [0.15, 0.2) is 48.5 Å². The SMILES string of the molecule is CCc1ccc(OCC(=O)NCc2ccc(C(=O)NCCCN)cc2)cc1. The van der Waals surface area contributed by atoms with Crippen molar-refractivity contribution in [3.05, 3.63) is 65.2 Å². The number of rotatable bonds is 10. The van der Waals surface area contributed by atoms with Crippen LogP contribution in [0.2, 0.25) is 0 Å². The van der Waals surface area contributed by atoms with Crippen LogP contribution in [0.25, 0.3) is 0 Å². The summed E-state index contributed by atoms with van der Waals surface area (Å²) in [5.74, 6) is 0.354. The zero-order valence-electron chi connectivity index (χ0n) is 15.7. The van der Waals surface area contributed by atoms with E-state index >= 15 is 0 Å². The van der Waals surface area contributed by atoms with Crippen molar-refractivity contribution >= 4 is 11.8 Å². The van der Waals surface area contributed by atoms with Crippen molar-refractivity contribution in [2.45, 2.75) is 26.3 Å². The highest BCUT2D eigenvalue weighted by molar-refractivity contribution is 5.94. The van der Waals surface area contributed by atoms with E-state index in [4.69, 9.17) is 10.5 Å². The molecule has 0 saturated carbocycles. The first-order chi connectivity index (χ1) is 13.1. The summed E-state index contributed by atoms with van der Waals surface area (Å²) >= 11 is 0. The van der Waals surface area contributed by atoms with Gasteiger partial charge in [-0.2, -0.15) is 0 Å². The Morgan fingerprint density at radius 1 is 0.963 bits per heavy atom. The van der Waals surface area contributed by atoms with Gasteiger partial charge < -0.3 is 21.1 Å². The summed E-state index contributed by atoms with van der Waals surface area (Å²) < 4.78 is 5.48. The predicted octanol–water partition coefficient (Wildman–Crippen LogP) is 2.02. The molecule has 0 atom stereocenters. The smallest absolute Gasteiger partial charge is 0.258 e. The van der Waals surface area contributed by atoms with Gasteiger partial charge in [0.25, 0.3) is 11.8 Å². The van der Waals surface area contributed by atoms with E-state index in [0.717, 1.165) is 18.4 Å². The van der Waals surface area contributed by atoms with Crippen LogP contribution in [0.3, 0.4) is 0 Å². The van der Waals surface area contributed by atoms with Gasteiger partial charge in [0.15, 0.2) is 6.61 Å². The highest BCUT2D eigenvalue weighted by Crippen LogP contribution is 2.12. The van der Waals surface area contributed by atoms with Crippen molar-refractivity contribution in [2.24, 2.45) is 5.73 Å². The zero-order valence-corrected chi connectivity index (χ0v) is 15.7. The fourth-order valence-corrected chi connectivity index (χ4v) is 2.40. The fourth-order valence-electron chi connectivity index (χ4n) is 2.40. The summed E-state index contributed by atoms with van der Waals surface area (Å²) in [6.45, 7) is 3.55. The Morgan fingerprint density at radius 2 is 1.63 bits per heavy atom. The molecule has 0 fully saturated rings. The van der Waals surface area contributed by atoms with Crippen molar-refractivity contribution in [2.75, 3.05) is 19.7 Å². The molecule has 27 heavy (non-hydrogen) atoms. The van der Waals surface area contributed by atoms with E-state index in [0.29, 0.717) is 30.9 Å². The molecular formula is C21H27N3O3. The summed E-state index contributed by atoms with van der Waals surface area (Å²) in [5, 5.41) is 5.61. The van der Waals surface area contributed by atoms with Gasteiger partial charge in [0.05, 0.1) is 0 Å². The number of nitrogens with one attached hydrogen (secondary N) is 2. The van der Waals surface area contributed by atoms with Crippen molar-refractivity contribution in [1.82, 2.24) is 10.6 Å². The molecule has 2 amide bonds. The van der Waals surface area contributed by atoms with Gasteiger partial charge in [-0.3, -0.25) is 9.59 Å². The fraction of sp³-hybridized carbons (Fsp3) is 0.333. The van der Waals surface area contributed by atoms with Crippen molar-refractivity contribution < 1.29 is 14.3 Å². The number of amides is 2. The number of nitrogens with two attached hydrogens (primary N) is 1. The Morgan fingerprint density at radius 3 is 2.26 bits per heavy atom. The molecule has 0 bridgehead atoms. The third-order valence-electron chi connectivity index (χ3n) is 4.07. The van der Waals surface area contributed by atoms with E-state index in [2.05, 4.69) is 17.6 Å². The molecule has 2 aromatic rings. The topological polar surface area (TPSA) is 93.4 Å². The van der Waals surface area contributed by atoms with Gasteiger partial charge >= 0.3 is 0 Å². The normalized spacial score (nSPS) is 10.3. The van der Waals surface area contributed by atoms with Gasteiger partial charge in [-0.15, -0.1) is 0 Å². The first-order valence-corrected chi connectivity index (χ1v) is 9.18. The lowest BCUT2D eigenvalue weighted by molar-refractivity contribution is -0.123. The Hall–Kier alpha value is -2.86. The predicted molar refractivity (Wildman–Crippen MR) is 106 cm³/mol. The van der Waals surface area contributed by atoms with Gasteiger partial charge in [-0.05, 0) is 54.8 Å².